The maximum Gasteiger partial charge on any atom is 0.208 e. The van der Waals surface area contributed by atoms with Crippen molar-refractivity contribution in [2.75, 3.05) is 11.9 Å². The summed E-state index contributed by atoms with van der Waals surface area (Å²) in [5, 5.41) is 20.0. The molecular weight excluding hydrogens is 790 g/mol. The largest absolute Gasteiger partial charge is 0.682 e. The number of anilines is 1. The fourth-order valence-electron chi connectivity index (χ4n) is 6.71. The fraction of sp³-hybridized carbons (Fsp3) is 0.400. The first-order chi connectivity index (χ1) is 22.5. The van der Waals surface area contributed by atoms with Gasteiger partial charge in [0.1, 0.15) is 0 Å². The minimum Gasteiger partial charge on any atom is -0.682 e. The second-order valence-electron chi connectivity index (χ2n) is 14.0. The van der Waals surface area contributed by atoms with E-state index in [1.807, 2.05) is 51.3 Å². The summed E-state index contributed by atoms with van der Waals surface area (Å²) in [6.45, 7) is 14.9. The number of carbonyl (C=O) groups excluding carboxylic acids is 1. The number of carbonyl (C=O) groups is 1. The number of nitrogens with zero attached hydrogens (tertiary/aromatic N) is 3. The molecule has 0 amide bonds. The van der Waals surface area contributed by atoms with Crippen molar-refractivity contribution in [3.05, 3.63) is 89.5 Å². The molecule has 0 bridgehead atoms. The van der Waals surface area contributed by atoms with Crippen LogP contribution in [0.1, 0.15) is 79.7 Å². The van der Waals surface area contributed by atoms with Crippen LogP contribution in [0.15, 0.2) is 78.7 Å². The quantitative estimate of drug-likeness (QED) is 0.0912. The van der Waals surface area contributed by atoms with Gasteiger partial charge in [-0.3, -0.25) is 9.78 Å². The van der Waals surface area contributed by atoms with Crippen molar-refractivity contribution in [1.82, 2.24) is 4.98 Å². The standard InChI is InChI=1S/C27H25BN3S.C13H24O2.Ir/c1-27(2,3)16-17-9-11-19-18(15-17)10-12-20-21-13-14-29-26(25(21)32-24(19)20)28-30-22-7-5-6-8-23(22)31(28)4;1-5-10(6-2)12(14)9-13(15)11(7-3)8-4;/h5-15H,16H2,1-4H3;9-11,14H,5-8H2,1-4H3;/q-1;;/b;12-9-;. The molecule has 2 aromatic heterocycles. The minimum absolute atomic E-state index is 0. The Morgan fingerprint density at radius 1 is 0.917 bits per heavy atom. The number of pyridine rings is 1. The minimum atomic E-state index is -0.0891. The summed E-state index contributed by atoms with van der Waals surface area (Å²) in [4.78, 5) is 18.8. The number of aromatic nitrogens is 1. The first kappa shape index (κ1) is 37.6. The molecule has 3 heterocycles. The summed E-state index contributed by atoms with van der Waals surface area (Å²) in [7, 11) is 2.11. The Labute approximate surface area is 304 Å². The molecule has 48 heavy (non-hydrogen) atoms. The molecule has 0 atom stereocenters. The van der Waals surface area contributed by atoms with E-state index in [9.17, 15) is 9.90 Å². The van der Waals surface area contributed by atoms with E-state index >= 15 is 0 Å². The van der Waals surface area contributed by atoms with Gasteiger partial charge in [0.15, 0.2) is 5.78 Å². The van der Waals surface area contributed by atoms with Gasteiger partial charge < -0.3 is 15.1 Å². The number of aliphatic hydroxyl groups is 1. The third-order valence-corrected chi connectivity index (χ3v) is 10.7. The van der Waals surface area contributed by atoms with E-state index in [1.165, 1.54) is 42.6 Å². The van der Waals surface area contributed by atoms with Crippen molar-refractivity contribution in [2.45, 2.75) is 80.6 Å². The van der Waals surface area contributed by atoms with Crippen molar-refractivity contribution >= 4 is 72.0 Å². The zero-order valence-corrected chi connectivity index (χ0v) is 32.8. The van der Waals surface area contributed by atoms with E-state index in [4.69, 9.17) is 10.2 Å². The Morgan fingerprint density at radius 2 is 1.56 bits per heavy atom. The molecule has 255 valence electrons. The van der Waals surface area contributed by atoms with E-state index in [2.05, 4.69) is 87.2 Å². The number of ketones is 1. The zero-order chi connectivity index (χ0) is 33.9. The topological polar surface area (TPSA) is 67.5 Å². The molecule has 0 unspecified atom stereocenters. The third-order valence-electron chi connectivity index (χ3n) is 9.41. The van der Waals surface area contributed by atoms with Crippen LogP contribution in [0.25, 0.3) is 36.2 Å². The molecule has 0 saturated carbocycles. The number of hydrogen-bond donors (Lipinski definition) is 1. The number of allylic oxidation sites excluding steroid dienone is 2. The molecule has 8 heteroatoms. The molecule has 1 aliphatic rings. The average molecular weight is 839 g/mol. The van der Waals surface area contributed by atoms with Crippen molar-refractivity contribution in [3.63, 3.8) is 0 Å². The van der Waals surface area contributed by atoms with Crippen molar-refractivity contribution < 1.29 is 30.0 Å². The number of aliphatic hydroxyl groups excluding tert-OH is 1. The third kappa shape index (κ3) is 7.99. The van der Waals surface area contributed by atoms with Gasteiger partial charge in [-0.25, -0.2) is 0 Å². The molecule has 0 aliphatic carbocycles. The summed E-state index contributed by atoms with van der Waals surface area (Å²) >= 11 is 1.86. The average Bonchev–Trinajstić information content (AvgIpc) is 3.59. The second kappa shape index (κ2) is 16.0. The summed E-state index contributed by atoms with van der Waals surface area (Å²) in [6, 6.07) is 22.0. The molecular formula is C40H49BIrN3O2S-. The van der Waals surface area contributed by atoms with Gasteiger partial charge in [-0.15, -0.1) is 17.0 Å². The number of hydrogen-bond acceptors (Lipinski definition) is 5. The Morgan fingerprint density at radius 3 is 2.21 bits per heavy atom. The van der Waals surface area contributed by atoms with Crippen molar-refractivity contribution in [3.8, 4) is 0 Å². The molecule has 0 saturated heterocycles. The van der Waals surface area contributed by atoms with Crippen molar-refractivity contribution in [1.29, 1.82) is 0 Å². The smallest absolute Gasteiger partial charge is 0.208 e. The molecule has 1 N–H and O–H groups in total. The van der Waals surface area contributed by atoms with Crippen LogP contribution in [-0.4, -0.2) is 29.9 Å². The molecule has 1 aliphatic heterocycles. The normalized spacial score (nSPS) is 13.2. The molecule has 5 aromatic rings. The molecule has 1 radical (unpaired) electrons. The molecule has 0 fully saturated rings. The van der Waals surface area contributed by atoms with Gasteiger partial charge in [-0.05, 0) is 73.0 Å². The second-order valence-corrected chi connectivity index (χ2v) is 15.0. The maximum absolute atomic E-state index is 11.7. The Hall–Kier alpha value is -3.19. The van der Waals surface area contributed by atoms with E-state index < -0.39 is 0 Å². The predicted molar refractivity (Wildman–Crippen MR) is 205 cm³/mol. The summed E-state index contributed by atoms with van der Waals surface area (Å²) in [5.74, 6) is 0.547. The first-order valence-electron chi connectivity index (χ1n) is 17.2. The van der Waals surface area contributed by atoms with Crippen LogP contribution in [0, 0.1) is 17.3 Å². The van der Waals surface area contributed by atoms with Crippen LogP contribution in [0.2, 0.25) is 0 Å². The van der Waals surface area contributed by atoms with E-state index in [0.29, 0.717) is 0 Å². The van der Waals surface area contributed by atoms with Gasteiger partial charge >= 0.3 is 0 Å². The Bertz CT molecular complexity index is 1910. The van der Waals surface area contributed by atoms with Crippen molar-refractivity contribution in [2.24, 2.45) is 17.3 Å². The van der Waals surface area contributed by atoms with Gasteiger partial charge in [-0.2, -0.15) is 0 Å². The van der Waals surface area contributed by atoms with Gasteiger partial charge in [0, 0.05) is 75.7 Å². The monoisotopic (exact) mass is 839 g/mol. The number of fused-ring (bicyclic) bond motifs is 6. The Kier molecular flexibility index (Phi) is 12.6. The van der Waals surface area contributed by atoms with Crippen LogP contribution >= 0.6 is 11.3 Å². The maximum atomic E-state index is 11.7. The number of thiophene rings is 1. The molecule has 6 rings (SSSR count). The van der Waals surface area contributed by atoms with Crippen LogP contribution < -0.4 is 10.4 Å². The first-order valence-corrected chi connectivity index (χ1v) is 18.0. The molecule has 5 nitrogen and oxygen atoms in total. The van der Waals surface area contributed by atoms with Gasteiger partial charge in [0.25, 0.3) is 0 Å². The van der Waals surface area contributed by atoms with Gasteiger partial charge in [-0.1, -0.05) is 97.0 Å². The summed E-state index contributed by atoms with van der Waals surface area (Å²) in [6.07, 6.45) is 7.92. The van der Waals surface area contributed by atoms with E-state index in [0.717, 1.165) is 49.1 Å². The van der Waals surface area contributed by atoms with Crippen LogP contribution in [0.4, 0.5) is 11.4 Å². The van der Waals surface area contributed by atoms with Gasteiger partial charge in [0.05, 0.1) is 5.76 Å². The van der Waals surface area contributed by atoms with Gasteiger partial charge in [0.2, 0.25) is 6.98 Å². The molecule has 0 spiro atoms. The predicted octanol–water partition coefficient (Wildman–Crippen LogP) is 10.9. The number of benzene rings is 3. The van der Waals surface area contributed by atoms with Crippen LogP contribution in [-0.2, 0) is 31.3 Å². The van der Waals surface area contributed by atoms with E-state index in [-0.39, 0.29) is 55.9 Å². The summed E-state index contributed by atoms with van der Waals surface area (Å²) in [5.41, 5.74) is 4.92. The fourth-order valence-corrected chi connectivity index (χ4v) is 8.05. The van der Waals surface area contributed by atoms with Crippen LogP contribution in [0.5, 0.6) is 0 Å². The zero-order valence-electron chi connectivity index (χ0n) is 29.6. The number of rotatable bonds is 9. The Balaban J connectivity index is 0.000000279. The SMILES string of the molecule is CCC(CC)C(=O)/C=C(\O)C(CC)CC.CN1B(c2nccc3c2sc2c4ccc(CC(C)(C)C)cc4ccc32)[N-]c2ccccc21.[Ir]. The summed E-state index contributed by atoms with van der Waals surface area (Å²) < 4.78 is 2.58. The number of para-hydroxylation sites is 1. The molecule has 3 aromatic carbocycles. The van der Waals surface area contributed by atoms with E-state index in [1.54, 1.807) is 0 Å². The van der Waals surface area contributed by atoms with Crippen LogP contribution in [0.3, 0.4) is 0 Å².